The van der Waals surface area contributed by atoms with Gasteiger partial charge in [0.25, 0.3) is 15.9 Å². The Morgan fingerprint density at radius 1 is 0.811 bits per heavy atom. The van der Waals surface area contributed by atoms with Crippen LogP contribution in [0.4, 0.5) is 11.6 Å². The molecule has 1 aliphatic heterocycles. The lowest BCUT2D eigenvalue weighted by Crippen LogP contribution is -2.32. The molecule has 8 nitrogen and oxygen atoms in total. The maximum absolute atomic E-state index is 13.5. The molecule has 37 heavy (non-hydrogen) atoms. The Hall–Kier alpha value is -4.05. The minimum atomic E-state index is -3.94. The van der Waals surface area contributed by atoms with Crippen LogP contribution in [0.15, 0.2) is 107 Å². The second-order valence-electron chi connectivity index (χ2n) is 7.78. The predicted octanol–water partition coefficient (Wildman–Crippen LogP) is 5.42. The van der Waals surface area contributed by atoms with Crippen LogP contribution in [0, 0.1) is 0 Å². The van der Waals surface area contributed by atoms with Gasteiger partial charge < -0.3 is 0 Å². The fraction of sp³-hybridized carbons (Fsp3) is 0. The van der Waals surface area contributed by atoms with Gasteiger partial charge in [-0.1, -0.05) is 59.6 Å². The molecule has 0 atom stereocenters. The van der Waals surface area contributed by atoms with E-state index in [9.17, 15) is 13.2 Å². The van der Waals surface area contributed by atoms with Gasteiger partial charge in [-0.25, -0.2) is 28.1 Å². The van der Waals surface area contributed by atoms with Gasteiger partial charge in [0, 0.05) is 33.6 Å². The molecule has 4 aromatic rings. The maximum atomic E-state index is 13.5. The minimum Gasteiger partial charge on any atom is -0.266 e. The highest BCUT2D eigenvalue weighted by atomic mass is 35.5. The zero-order chi connectivity index (χ0) is 26.0. The number of nitrogens with one attached hydrogen (secondary N) is 1. The quantitative estimate of drug-likeness (QED) is 0.323. The van der Waals surface area contributed by atoms with E-state index in [0.29, 0.717) is 32.7 Å². The number of carbonyl (C=O) groups excluding carboxylic acids is 1. The molecule has 0 spiro atoms. The number of halogens is 2. The number of amidine groups is 1. The number of nitrogens with zero attached hydrogens (tertiary/aromatic N) is 4. The molecule has 0 radical (unpaired) electrons. The third-order valence-electron chi connectivity index (χ3n) is 5.37. The molecular formula is C26H17Cl2N5O3S. The average Bonchev–Trinajstić information content (AvgIpc) is 3.23. The van der Waals surface area contributed by atoms with E-state index in [1.54, 1.807) is 30.3 Å². The SMILES string of the molecule is O=C1/C(=C/c2c(Cl)cccc2Cl)N=C(c2ccccc2)N1c1ccc(S(=O)(=O)Nc2ncccn2)cc1. The maximum Gasteiger partial charge on any atom is 0.282 e. The average molecular weight is 550 g/mol. The number of amides is 1. The van der Waals surface area contributed by atoms with Gasteiger partial charge in [-0.05, 0) is 48.5 Å². The molecule has 1 aliphatic rings. The van der Waals surface area contributed by atoms with Gasteiger partial charge in [0.15, 0.2) is 0 Å². The Kier molecular flexibility index (Phi) is 6.75. The van der Waals surface area contributed by atoms with E-state index in [2.05, 4.69) is 19.7 Å². The summed E-state index contributed by atoms with van der Waals surface area (Å²) in [6.45, 7) is 0. The van der Waals surface area contributed by atoms with E-state index >= 15 is 0 Å². The Bertz CT molecular complexity index is 1620. The number of sulfonamides is 1. The van der Waals surface area contributed by atoms with E-state index in [1.165, 1.54) is 41.6 Å². The standard InChI is InChI=1S/C26H17Cl2N5O3S/c27-21-8-4-9-22(28)20(21)16-23-25(34)33(24(31-23)17-6-2-1-3-7-17)18-10-12-19(13-11-18)37(35,36)32-26-29-14-5-15-30-26/h1-16H,(H,29,30,32)/b23-16-. The van der Waals surface area contributed by atoms with Crippen LogP contribution in [0.5, 0.6) is 0 Å². The molecule has 3 aromatic carbocycles. The molecule has 11 heteroatoms. The van der Waals surface area contributed by atoms with Crippen molar-refractivity contribution in [2.24, 2.45) is 4.99 Å². The zero-order valence-electron chi connectivity index (χ0n) is 18.9. The van der Waals surface area contributed by atoms with Gasteiger partial charge >= 0.3 is 0 Å². The van der Waals surface area contributed by atoms with Crippen molar-refractivity contribution < 1.29 is 13.2 Å². The lowest BCUT2D eigenvalue weighted by atomic mass is 10.1. The van der Waals surface area contributed by atoms with Crippen molar-refractivity contribution in [2.45, 2.75) is 4.90 Å². The molecule has 1 aromatic heterocycles. The fourth-order valence-corrected chi connectivity index (χ4v) is 5.09. The van der Waals surface area contributed by atoms with Gasteiger partial charge in [-0.3, -0.25) is 9.69 Å². The summed E-state index contributed by atoms with van der Waals surface area (Å²) < 4.78 is 27.9. The molecule has 0 fully saturated rings. The minimum absolute atomic E-state index is 0.0211. The summed E-state index contributed by atoms with van der Waals surface area (Å²) in [4.78, 5) is 27.3. The number of hydrogen-bond acceptors (Lipinski definition) is 6. The van der Waals surface area contributed by atoms with Crippen LogP contribution < -0.4 is 9.62 Å². The van der Waals surface area contributed by atoms with E-state index in [1.807, 2.05) is 30.3 Å². The highest BCUT2D eigenvalue weighted by molar-refractivity contribution is 7.92. The third-order valence-corrected chi connectivity index (χ3v) is 7.37. The number of anilines is 2. The molecular weight excluding hydrogens is 533 g/mol. The number of aromatic nitrogens is 2. The number of carbonyl (C=O) groups is 1. The van der Waals surface area contributed by atoms with Crippen molar-refractivity contribution in [3.63, 3.8) is 0 Å². The molecule has 5 rings (SSSR count). The number of benzene rings is 3. The fourth-order valence-electron chi connectivity index (χ4n) is 3.63. The highest BCUT2D eigenvalue weighted by Crippen LogP contribution is 2.32. The van der Waals surface area contributed by atoms with Crippen molar-refractivity contribution in [3.8, 4) is 0 Å². The molecule has 0 bridgehead atoms. The molecule has 0 saturated carbocycles. The van der Waals surface area contributed by atoms with Gasteiger partial charge in [-0.15, -0.1) is 0 Å². The first-order chi connectivity index (χ1) is 17.8. The lowest BCUT2D eigenvalue weighted by Gasteiger charge is -2.19. The van der Waals surface area contributed by atoms with Gasteiger partial charge in [0.05, 0.1) is 10.6 Å². The smallest absolute Gasteiger partial charge is 0.266 e. The van der Waals surface area contributed by atoms with E-state index in [-0.39, 0.29) is 16.5 Å². The summed E-state index contributed by atoms with van der Waals surface area (Å²) >= 11 is 12.6. The van der Waals surface area contributed by atoms with Crippen LogP contribution in [0.3, 0.4) is 0 Å². The Morgan fingerprint density at radius 2 is 1.46 bits per heavy atom. The van der Waals surface area contributed by atoms with Gasteiger partial charge in [-0.2, -0.15) is 0 Å². The first-order valence-corrected chi connectivity index (χ1v) is 13.1. The Morgan fingerprint density at radius 3 is 2.11 bits per heavy atom. The lowest BCUT2D eigenvalue weighted by molar-refractivity contribution is -0.113. The van der Waals surface area contributed by atoms with Crippen LogP contribution in [0.2, 0.25) is 10.0 Å². The van der Waals surface area contributed by atoms with Crippen LogP contribution in [0.25, 0.3) is 6.08 Å². The predicted molar refractivity (Wildman–Crippen MR) is 144 cm³/mol. The van der Waals surface area contributed by atoms with Crippen molar-refractivity contribution >= 4 is 62.7 Å². The normalized spacial score (nSPS) is 14.6. The number of hydrogen-bond donors (Lipinski definition) is 1. The first kappa shape index (κ1) is 24.6. The second kappa shape index (κ2) is 10.1. The molecule has 2 heterocycles. The summed E-state index contributed by atoms with van der Waals surface area (Å²) in [6.07, 6.45) is 4.40. The molecule has 1 N–H and O–H groups in total. The highest BCUT2D eigenvalue weighted by Gasteiger charge is 2.33. The van der Waals surface area contributed by atoms with E-state index in [0.717, 1.165) is 0 Å². The zero-order valence-corrected chi connectivity index (χ0v) is 21.2. The van der Waals surface area contributed by atoms with E-state index < -0.39 is 15.9 Å². The molecule has 1 amide bonds. The van der Waals surface area contributed by atoms with Crippen LogP contribution in [-0.2, 0) is 14.8 Å². The van der Waals surface area contributed by atoms with E-state index in [4.69, 9.17) is 23.2 Å². The van der Waals surface area contributed by atoms with Gasteiger partial charge in [0.1, 0.15) is 11.5 Å². The summed E-state index contributed by atoms with van der Waals surface area (Å²) in [5, 5.41) is 0.763. The Labute approximate surface area is 223 Å². The van der Waals surface area contributed by atoms with Crippen molar-refractivity contribution in [1.82, 2.24) is 9.97 Å². The molecule has 184 valence electrons. The largest absolute Gasteiger partial charge is 0.282 e. The summed E-state index contributed by atoms with van der Waals surface area (Å²) in [6, 6.07) is 21.7. The topological polar surface area (TPSA) is 105 Å². The molecule has 0 saturated heterocycles. The van der Waals surface area contributed by atoms with Crippen molar-refractivity contribution in [2.75, 3.05) is 9.62 Å². The van der Waals surface area contributed by atoms with Crippen molar-refractivity contribution in [1.29, 1.82) is 0 Å². The van der Waals surface area contributed by atoms with Crippen molar-refractivity contribution in [3.05, 3.63) is 118 Å². The van der Waals surface area contributed by atoms with Crippen LogP contribution in [0.1, 0.15) is 11.1 Å². The Balaban J connectivity index is 1.52. The number of aliphatic imine (C=N–C) groups is 1. The van der Waals surface area contributed by atoms with Crippen LogP contribution in [-0.4, -0.2) is 30.1 Å². The molecule has 0 unspecified atom stereocenters. The summed E-state index contributed by atoms with van der Waals surface area (Å²) in [5.41, 5.74) is 1.73. The monoisotopic (exact) mass is 549 g/mol. The summed E-state index contributed by atoms with van der Waals surface area (Å²) in [7, 11) is -3.94. The second-order valence-corrected chi connectivity index (χ2v) is 10.3. The first-order valence-electron chi connectivity index (χ1n) is 10.9. The van der Waals surface area contributed by atoms with Gasteiger partial charge in [0.2, 0.25) is 5.95 Å². The number of rotatable bonds is 6. The molecule has 0 aliphatic carbocycles. The summed E-state index contributed by atoms with van der Waals surface area (Å²) in [5.74, 6) is -0.0829. The van der Waals surface area contributed by atoms with Crippen LogP contribution >= 0.6 is 23.2 Å². The third kappa shape index (κ3) is 5.10.